The summed E-state index contributed by atoms with van der Waals surface area (Å²) in [6.45, 7) is 0. The van der Waals surface area contributed by atoms with E-state index in [0.717, 1.165) is 0 Å². The van der Waals surface area contributed by atoms with Crippen LogP contribution in [0.2, 0.25) is 0 Å². The third kappa shape index (κ3) is 2.97. The van der Waals surface area contributed by atoms with Crippen molar-refractivity contribution in [1.29, 1.82) is 0 Å². The monoisotopic (exact) mass is 236 g/mol. The van der Waals surface area contributed by atoms with Gasteiger partial charge in [-0.2, -0.15) is 8.42 Å². The molecule has 14 heavy (non-hydrogen) atoms. The van der Waals surface area contributed by atoms with Crippen molar-refractivity contribution < 1.29 is 13.2 Å². The zero-order chi connectivity index (χ0) is 10.8. The molecule has 0 saturated heterocycles. The molecule has 0 spiro atoms. The number of rotatable bonds is 3. The van der Waals surface area contributed by atoms with Crippen LogP contribution in [0.3, 0.4) is 0 Å². The van der Waals surface area contributed by atoms with Crippen LogP contribution in [0, 0.1) is 0 Å². The lowest BCUT2D eigenvalue weighted by molar-refractivity contribution is 0.415. The molecule has 1 aromatic rings. The Hall–Kier alpha value is -1.14. The second-order valence-corrected chi connectivity index (χ2v) is 4.79. The van der Waals surface area contributed by atoms with Crippen molar-refractivity contribution in [1.82, 2.24) is 0 Å². The summed E-state index contributed by atoms with van der Waals surface area (Å²) in [4.78, 5) is 0. The Labute approximate surface area is 86.4 Å². The van der Waals surface area contributed by atoms with Crippen LogP contribution in [0.4, 0.5) is 11.4 Å². The number of hydrogen-bond donors (Lipinski definition) is 2. The van der Waals surface area contributed by atoms with E-state index in [1.807, 2.05) is 0 Å². The van der Waals surface area contributed by atoms with Crippen LogP contribution in [0.1, 0.15) is 0 Å². The van der Waals surface area contributed by atoms with E-state index in [2.05, 4.69) is 4.72 Å². The zero-order valence-electron chi connectivity index (χ0n) is 7.32. The van der Waals surface area contributed by atoms with Gasteiger partial charge < -0.3 is 10.5 Å². The summed E-state index contributed by atoms with van der Waals surface area (Å²) in [6, 6.07) is 4.57. The maximum atomic E-state index is 10.7. The quantitative estimate of drug-likeness (QED) is 0.610. The Morgan fingerprint density at radius 2 is 2.14 bits per heavy atom. The van der Waals surface area contributed by atoms with Crippen LogP contribution in [-0.4, -0.2) is 15.5 Å². The first-order chi connectivity index (χ1) is 6.42. The van der Waals surface area contributed by atoms with Crippen LogP contribution in [0.25, 0.3) is 0 Å². The summed E-state index contributed by atoms with van der Waals surface area (Å²) in [6.07, 6.45) is 0. The van der Waals surface area contributed by atoms with Crippen LogP contribution >= 0.6 is 10.7 Å². The van der Waals surface area contributed by atoms with Gasteiger partial charge in [0.1, 0.15) is 5.75 Å². The van der Waals surface area contributed by atoms with Gasteiger partial charge >= 0.3 is 9.24 Å². The van der Waals surface area contributed by atoms with Gasteiger partial charge in [-0.05, 0) is 12.1 Å². The number of nitrogens with one attached hydrogen (secondary N) is 1. The van der Waals surface area contributed by atoms with Crippen molar-refractivity contribution in [3.8, 4) is 5.75 Å². The minimum Gasteiger partial charge on any atom is -0.497 e. The molecule has 0 radical (unpaired) electrons. The fraction of sp³-hybridized carbons (Fsp3) is 0.143. The second kappa shape index (κ2) is 3.93. The van der Waals surface area contributed by atoms with E-state index < -0.39 is 9.24 Å². The number of halogens is 1. The van der Waals surface area contributed by atoms with Crippen LogP contribution in [0.15, 0.2) is 18.2 Å². The molecule has 1 aromatic carbocycles. The highest BCUT2D eigenvalue weighted by atomic mass is 35.7. The second-order valence-electron chi connectivity index (χ2n) is 2.49. The summed E-state index contributed by atoms with van der Waals surface area (Å²) in [7, 11) is 2.62. The summed E-state index contributed by atoms with van der Waals surface area (Å²) < 4.78 is 28.4. The smallest absolute Gasteiger partial charge is 0.319 e. The fourth-order valence-electron chi connectivity index (χ4n) is 0.882. The molecule has 5 nitrogen and oxygen atoms in total. The highest BCUT2D eigenvalue weighted by Gasteiger charge is 2.08. The maximum absolute atomic E-state index is 10.7. The van der Waals surface area contributed by atoms with Crippen molar-refractivity contribution in [3.63, 3.8) is 0 Å². The molecule has 0 heterocycles. The molecule has 0 aliphatic rings. The van der Waals surface area contributed by atoms with Gasteiger partial charge in [0, 0.05) is 16.7 Å². The molecule has 7 heteroatoms. The molecule has 0 aliphatic carbocycles. The van der Waals surface area contributed by atoms with Crippen molar-refractivity contribution in [2.45, 2.75) is 0 Å². The zero-order valence-corrected chi connectivity index (χ0v) is 8.89. The highest BCUT2D eigenvalue weighted by Crippen LogP contribution is 2.25. The lowest BCUT2D eigenvalue weighted by Crippen LogP contribution is -2.06. The number of anilines is 2. The molecular formula is C7H9ClN2O3S. The summed E-state index contributed by atoms with van der Waals surface area (Å²) in [5, 5.41) is 0. The Balaban J connectivity index is 3.07. The third-order valence-electron chi connectivity index (χ3n) is 1.49. The van der Waals surface area contributed by atoms with Crippen LogP contribution in [0.5, 0.6) is 5.75 Å². The molecule has 0 amide bonds. The number of methoxy groups -OCH3 is 1. The lowest BCUT2D eigenvalue weighted by atomic mass is 10.2. The fourth-order valence-corrected chi connectivity index (χ4v) is 1.57. The number of ether oxygens (including phenoxy) is 1. The Morgan fingerprint density at radius 3 is 2.64 bits per heavy atom. The van der Waals surface area contributed by atoms with Gasteiger partial charge in [0.15, 0.2) is 0 Å². The lowest BCUT2D eigenvalue weighted by Gasteiger charge is -2.07. The SMILES string of the molecule is COc1ccc(N)c(NS(=O)(=O)Cl)c1. The van der Waals surface area contributed by atoms with Gasteiger partial charge in [0.05, 0.1) is 18.5 Å². The first-order valence-corrected chi connectivity index (χ1v) is 5.89. The molecule has 0 aromatic heterocycles. The van der Waals surface area contributed by atoms with E-state index >= 15 is 0 Å². The van der Waals surface area contributed by atoms with Crippen molar-refractivity contribution in [3.05, 3.63) is 18.2 Å². The van der Waals surface area contributed by atoms with Crippen LogP contribution < -0.4 is 15.2 Å². The van der Waals surface area contributed by atoms with E-state index in [4.69, 9.17) is 21.2 Å². The number of benzene rings is 1. The molecular weight excluding hydrogens is 228 g/mol. The summed E-state index contributed by atoms with van der Waals surface area (Å²) in [5.41, 5.74) is 5.98. The average molecular weight is 237 g/mol. The van der Waals surface area contributed by atoms with Crippen molar-refractivity contribution >= 4 is 31.3 Å². The molecule has 0 saturated carbocycles. The van der Waals surface area contributed by atoms with E-state index in [9.17, 15) is 8.42 Å². The molecule has 78 valence electrons. The van der Waals surface area contributed by atoms with Crippen molar-refractivity contribution in [2.24, 2.45) is 0 Å². The van der Waals surface area contributed by atoms with Gasteiger partial charge in [0.2, 0.25) is 0 Å². The molecule has 0 fully saturated rings. The van der Waals surface area contributed by atoms with Gasteiger partial charge in [0.25, 0.3) is 0 Å². The highest BCUT2D eigenvalue weighted by molar-refractivity contribution is 8.14. The number of hydrogen-bond acceptors (Lipinski definition) is 4. The normalized spacial score (nSPS) is 11.0. The number of nitrogen functional groups attached to an aromatic ring is 1. The minimum atomic E-state index is -3.84. The molecule has 0 bridgehead atoms. The Kier molecular flexibility index (Phi) is 3.07. The molecule has 0 aliphatic heterocycles. The predicted octanol–water partition coefficient (Wildman–Crippen LogP) is 1.17. The topological polar surface area (TPSA) is 81.4 Å². The van der Waals surface area contributed by atoms with Gasteiger partial charge in [-0.15, -0.1) is 0 Å². The average Bonchev–Trinajstić information content (AvgIpc) is 2.06. The summed E-state index contributed by atoms with van der Waals surface area (Å²) in [5.74, 6) is 0.488. The van der Waals surface area contributed by atoms with E-state index in [0.29, 0.717) is 5.75 Å². The van der Waals surface area contributed by atoms with Crippen LogP contribution in [-0.2, 0) is 9.24 Å². The summed E-state index contributed by atoms with van der Waals surface area (Å²) >= 11 is 0. The maximum Gasteiger partial charge on any atom is 0.319 e. The van der Waals surface area contributed by atoms with Gasteiger partial charge in [-0.25, -0.2) is 0 Å². The minimum absolute atomic E-state index is 0.194. The van der Waals surface area contributed by atoms with E-state index in [1.165, 1.54) is 19.2 Å². The Morgan fingerprint density at radius 1 is 1.50 bits per heavy atom. The van der Waals surface area contributed by atoms with E-state index in [1.54, 1.807) is 6.07 Å². The number of nitrogens with two attached hydrogens (primary N) is 1. The van der Waals surface area contributed by atoms with Crippen molar-refractivity contribution in [2.75, 3.05) is 17.6 Å². The molecule has 0 unspecified atom stereocenters. The third-order valence-corrected chi connectivity index (χ3v) is 2.19. The Bertz CT molecular complexity index is 433. The van der Waals surface area contributed by atoms with Gasteiger partial charge in [-0.3, -0.25) is 4.72 Å². The first-order valence-electron chi connectivity index (χ1n) is 3.58. The molecule has 3 N–H and O–H groups in total. The van der Waals surface area contributed by atoms with E-state index in [-0.39, 0.29) is 11.4 Å². The largest absolute Gasteiger partial charge is 0.497 e. The molecule has 1 rings (SSSR count). The predicted molar refractivity (Wildman–Crippen MR) is 55.8 cm³/mol. The van der Waals surface area contributed by atoms with Gasteiger partial charge in [-0.1, -0.05) is 0 Å². The standard InChI is InChI=1S/C7H9ClN2O3S/c1-13-5-2-3-6(9)7(4-5)10-14(8,11)12/h2-4,10H,9H2,1H3. The molecule has 0 atom stereocenters. The first kappa shape index (κ1) is 10.9.